The van der Waals surface area contributed by atoms with Crippen molar-refractivity contribution in [1.29, 1.82) is 0 Å². The Morgan fingerprint density at radius 3 is 2.48 bits per heavy atom. The lowest BCUT2D eigenvalue weighted by Crippen LogP contribution is -2.14. The maximum Gasteiger partial charge on any atom is 0.325 e. The number of esters is 1. The summed E-state index contributed by atoms with van der Waals surface area (Å²) in [6.07, 6.45) is 8.61. The van der Waals surface area contributed by atoms with Gasteiger partial charge in [0, 0.05) is 19.5 Å². The molecule has 0 heterocycles. The predicted octanol–water partition coefficient (Wildman–Crippen LogP) is 3.20. The molecule has 0 aromatic heterocycles. The van der Waals surface area contributed by atoms with Gasteiger partial charge in [0.2, 0.25) is 0 Å². The standard InChI is InChI=1S/C16H33N2O5PS/c1-24(20,21)23-12-7-5-3-4-6-10-16(19)22-13-11-18-15(17)9-8-14-25-2/h3-14H2,1-2H3,(H2,17,18)(H,20,21). The molecule has 0 bridgehead atoms. The first-order chi connectivity index (χ1) is 11.8. The molecule has 0 aliphatic rings. The van der Waals surface area contributed by atoms with Crippen LogP contribution in [0.3, 0.4) is 0 Å². The van der Waals surface area contributed by atoms with Crippen molar-refractivity contribution >= 4 is 31.2 Å². The lowest BCUT2D eigenvalue weighted by molar-refractivity contribution is -0.143. The van der Waals surface area contributed by atoms with E-state index in [9.17, 15) is 9.36 Å². The molecule has 7 nitrogen and oxygen atoms in total. The molecule has 0 amide bonds. The minimum Gasteiger partial charge on any atom is -0.464 e. The van der Waals surface area contributed by atoms with Crippen molar-refractivity contribution in [2.75, 3.05) is 38.4 Å². The molecule has 0 rings (SSSR count). The van der Waals surface area contributed by atoms with Gasteiger partial charge in [0.05, 0.1) is 19.0 Å². The van der Waals surface area contributed by atoms with Gasteiger partial charge in [-0.3, -0.25) is 14.4 Å². The van der Waals surface area contributed by atoms with Gasteiger partial charge in [-0.15, -0.1) is 0 Å². The zero-order chi connectivity index (χ0) is 19.0. The Hall–Kier alpha value is -0.560. The van der Waals surface area contributed by atoms with E-state index in [0.717, 1.165) is 50.7 Å². The van der Waals surface area contributed by atoms with E-state index in [1.54, 1.807) is 11.8 Å². The van der Waals surface area contributed by atoms with Crippen LogP contribution < -0.4 is 5.73 Å². The van der Waals surface area contributed by atoms with E-state index < -0.39 is 7.60 Å². The van der Waals surface area contributed by atoms with Gasteiger partial charge in [0.1, 0.15) is 6.61 Å². The summed E-state index contributed by atoms with van der Waals surface area (Å²) in [5.74, 6) is 1.49. The second kappa shape index (κ2) is 15.7. The summed E-state index contributed by atoms with van der Waals surface area (Å²) in [6, 6.07) is 0. The molecule has 0 aromatic rings. The highest BCUT2D eigenvalue weighted by atomic mass is 32.2. The molecule has 0 saturated heterocycles. The van der Waals surface area contributed by atoms with Crippen LogP contribution in [-0.2, 0) is 18.6 Å². The highest BCUT2D eigenvalue weighted by Gasteiger charge is 2.08. The molecule has 1 unspecified atom stereocenters. The molecule has 0 aliphatic carbocycles. The number of carbonyl (C=O) groups excluding carboxylic acids is 1. The number of nitrogens with two attached hydrogens (primary N) is 1. The van der Waals surface area contributed by atoms with Crippen LogP contribution in [0.4, 0.5) is 0 Å². The fraction of sp³-hybridized carbons (Fsp3) is 0.875. The zero-order valence-electron chi connectivity index (χ0n) is 15.4. The molecule has 0 aliphatic heterocycles. The largest absolute Gasteiger partial charge is 0.464 e. The first kappa shape index (κ1) is 24.4. The first-order valence-electron chi connectivity index (χ1n) is 8.73. The van der Waals surface area contributed by atoms with Crippen LogP contribution >= 0.6 is 19.4 Å². The van der Waals surface area contributed by atoms with Crippen LogP contribution in [-0.4, -0.2) is 55.1 Å². The Kier molecular flexibility index (Phi) is 15.3. The molecule has 0 fully saturated rings. The summed E-state index contributed by atoms with van der Waals surface area (Å²) in [6.45, 7) is 2.18. The summed E-state index contributed by atoms with van der Waals surface area (Å²) in [4.78, 5) is 24.7. The van der Waals surface area contributed by atoms with Crippen molar-refractivity contribution in [3.05, 3.63) is 0 Å². The highest BCUT2D eigenvalue weighted by molar-refractivity contribution is 7.98. The smallest absolute Gasteiger partial charge is 0.325 e. The molecule has 3 N–H and O–H groups in total. The fourth-order valence-electron chi connectivity index (χ4n) is 2.03. The van der Waals surface area contributed by atoms with Crippen LogP contribution in [0.5, 0.6) is 0 Å². The Labute approximate surface area is 155 Å². The molecule has 1 atom stereocenters. The van der Waals surface area contributed by atoms with Crippen molar-refractivity contribution in [3.8, 4) is 0 Å². The van der Waals surface area contributed by atoms with Gasteiger partial charge < -0.3 is 19.9 Å². The third-order valence-electron chi connectivity index (χ3n) is 3.31. The minimum atomic E-state index is -3.35. The van der Waals surface area contributed by atoms with Gasteiger partial charge in [-0.2, -0.15) is 11.8 Å². The van der Waals surface area contributed by atoms with Crippen LogP contribution in [0, 0.1) is 0 Å². The topological polar surface area (TPSA) is 111 Å². The monoisotopic (exact) mass is 396 g/mol. The molecule has 148 valence electrons. The maximum absolute atomic E-state index is 11.6. The lowest BCUT2D eigenvalue weighted by Gasteiger charge is -2.06. The third kappa shape index (κ3) is 19.6. The maximum atomic E-state index is 11.6. The number of rotatable bonds is 16. The highest BCUT2D eigenvalue weighted by Crippen LogP contribution is 2.36. The lowest BCUT2D eigenvalue weighted by atomic mass is 10.1. The summed E-state index contributed by atoms with van der Waals surface area (Å²) >= 11 is 1.78. The normalized spacial score (nSPS) is 14.3. The Balaban J connectivity index is 3.44. The number of thioether (sulfide) groups is 1. The SMILES string of the molecule is CSCCCC(N)=NCCOC(=O)CCCCCCCOP(C)(=O)O. The minimum absolute atomic E-state index is 0.202. The van der Waals surface area contributed by atoms with Crippen molar-refractivity contribution in [1.82, 2.24) is 0 Å². The number of ether oxygens (including phenoxy) is 1. The molecule has 0 radical (unpaired) electrons. The molecule has 0 aromatic carbocycles. The van der Waals surface area contributed by atoms with Crippen molar-refractivity contribution in [2.24, 2.45) is 10.7 Å². The van der Waals surface area contributed by atoms with Crippen molar-refractivity contribution < 1.29 is 23.5 Å². The van der Waals surface area contributed by atoms with E-state index in [-0.39, 0.29) is 12.6 Å². The quantitative estimate of drug-likeness (QED) is 0.135. The van der Waals surface area contributed by atoms with Gasteiger partial charge in [-0.1, -0.05) is 19.3 Å². The number of aliphatic imine (C=N–C) groups is 1. The molecule has 0 saturated carbocycles. The average Bonchev–Trinajstić information content (AvgIpc) is 2.53. The van der Waals surface area contributed by atoms with Gasteiger partial charge in [-0.25, -0.2) is 0 Å². The molecule has 9 heteroatoms. The zero-order valence-corrected chi connectivity index (χ0v) is 17.2. The summed E-state index contributed by atoms with van der Waals surface area (Å²) in [7, 11) is -3.35. The van der Waals surface area contributed by atoms with E-state index >= 15 is 0 Å². The predicted molar refractivity (Wildman–Crippen MR) is 104 cm³/mol. The second-order valence-corrected chi connectivity index (χ2v) is 8.69. The Bertz CT molecular complexity index is 429. The summed E-state index contributed by atoms with van der Waals surface area (Å²) < 4.78 is 20.8. The fourth-order valence-corrected chi connectivity index (χ4v) is 2.93. The Morgan fingerprint density at radius 1 is 1.12 bits per heavy atom. The second-order valence-electron chi connectivity index (χ2n) is 5.84. The Morgan fingerprint density at radius 2 is 1.80 bits per heavy atom. The third-order valence-corrected chi connectivity index (χ3v) is 4.67. The van der Waals surface area contributed by atoms with Crippen LogP contribution in [0.25, 0.3) is 0 Å². The first-order valence-corrected chi connectivity index (χ1v) is 12.1. The number of carbonyl (C=O) groups is 1. The van der Waals surface area contributed by atoms with Crippen LogP contribution in [0.15, 0.2) is 4.99 Å². The van der Waals surface area contributed by atoms with E-state index in [1.165, 1.54) is 6.66 Å². The van der Waals surface area contributed by atoms with E-state index in [4.69, 9.17) is 19.9 Å². The number of unbranched alkanes of at least 4 members (excludes halogenated alkanes) is 4. The summed E-state index contributed by atoms with van der Waals surface area (Å²) in [5.41, 5.74) is 5.77. The molecular formula is C16H33N2O5PS. The van der Waals surface area contributed by atoms with Gasteiger partial charge in [-0.05, 0) is 31.3 Å². The number of amidine groups is 1. The van der Waals surface area contributed by atoms with Crippen molar-refractivity contribution in [3.63, 3.8) is 0 Å². The molecule has 25 heavy (non-hydrogen) atoms. The van der Waals surface area contributed by atoms with Crippen LogP contribution in [0.2, 0.25) is 0 Å². The molecule has 0 spiro atoms. The van der Waals surface area contributed by atoms with Crippen LogP contribution in [0.1, 0.15) is 51.4 Å². The van der Waals surface area contributed by atoms with E-state index in [0.29, 0.717) is 25.4 Å². The number of hydrogen-bond donors (Lipinski definition) is 2. The van der Waals surface area contributed by atoms with E-state index in [2.05, 4.69) is 11.2 Å². The average molecular weight is 396 g/mol. The number of hydrogen-bond acceptors (Lipinski definition) is 6. The number of nitrogens with zero attached hydrogens (tertiary/aromatic N) is 1. The van der Waals surface area contributed by atoms with Gasteiger partial charge >= 0.3 is 13.6 Å². The van der Waals surface area contributed by atoms with E-state index in [1.807, 2.05) is 0 Å². The van der Waals surface area contributed by atoms with Gasteiger partial charge in [0.15, 0.2) is 0 Å². The van der Waals surface area contributed by atoms with Gasteiger partial charge in [0.25, 0.3) is 0 Å². The van der Waals surface area contributed by atoms with Crippen molar-refractivity contribution in [2.45, 2.75) is 51.4 Å². The molecular weight excluding hydrogens is 363 g/mol. The summed E-state index contributed by atoms with van der Waals surface area (Å²) in [5, 5.41) is 0.